The fourth-order valence-corrected chi connectivity index (χ4v) is 3.77. The largest absolute Gasteiger partial charge is 0.494 e. The molecule has 0 spiro atoms. The number of benzene rings is 1. The molecule has 166 valence electrons. The summed E-state index contributed by atoms with van der Waals surface area (Å²) in [6.45, 7) is 8.06. The summed E-state index contributed by atoms with van der Waals surface area (Å²) in [6.07, 6.45) is 2.87. The highest BCUT2D eigenvalue weighted by Crippen LogP contribution is 2.35. The van der Waals surface area contributed by atoms with Crippen LogP contribution in [0.25, 0.3) is 0 Å². The number of esters is 2. The molecule has 1 aromatic carbocycles. The van der Waals surface area contributed by atoms with Crippen LogP contribution in [0.5, 0.6) is 5.75 Å². The monoisotopic (exact) mass is 419 g/mol. The van der Waals surface area contributed by atoms with E-state index in [0.29, 0.717) is 35.7 Å². The van der Waals surface area contributed by atoms with E-state index in [1.165, 1.54) is 0 Å². The van der Waals surface area contributed by atoms with Crippen LogP contribution in [0.1, 0.15) is 57.3 Å². The van der Waals surface area contributed by atoms with Gasteiger partial charge in [-0.05, 0) is 61.8 Å². The summed E-state index contributed by atoms with van der Waals surface area (Å²) in [5, 5.41) is 2.48. The maximum absolute atomic E-state index is 12.1. The van der Waals surface area contributed by atoms with Crippen LogP contribution in [0, 0.1) is 17.8 Å². The molecule has 0 heterocycles. The van der Waals surface area contributed by atoms with Crippen LogP contribution >= 0.6 is 0 Å². The standard InChI is InChI=1S/C23H33NO6/c1-5-28-18-9-7-17(8-10-18)23(27)24-13-21(25)29-14-22(26)30-20-12-16(4)6-11-19(20)15(2)3/h7-10,15-16,19-20H,5-6,11-14H2,1-4H3,(H,24,27)/t16-,19+,20-/m1/s1. The fourth-order valence-electron chi connectivity index (χ4n) is 3.77. The van der Waals surface area contributed by atoms with Crippen LogP contribution in [0.2, 0.25) is 0 Å². The van der Waals surface area contributed by atoms with Crippen molar-refractivity contribution in [2.75, 3.05) is 19.8 Å². The number of carbonyl (C=O) groups is 3. The molecule has 30 heavy (non-hydrogen) atoms. The first-order valence-corrected chi connectivity index (χ1v) is 10.7. The van der Waals surface area contributed by atoms with Gasteiger partial charge in [-0.25, -0.2) is 4.79 Å². The summed E-state index contributed by atoms with van der Waals surface area (Å²) < 4.78 is 15.9. The van der Waals surface area contributed by atoms with Gasteiger partial charge in [0.25, 0.3) is 5.91 Å². The van der Waals surface area contributed by atoms with E-state index in [2.05, 4.69) is 26.1 Å². The van der Waals surface area contributed by atoms with Gasteiger partial charge in [0.2, 0.25) is 0 Å². The van der Waals surface area contributed by atoms with Crippen molar-refractivity contribution < 1.29 is 28.6 Å². The summed E-state index contributed by atoms with van der Waals surface area (Å²) in [5.74, 6) is 0.283. The Kier molecular flexibility index (Phi) is 9.15. The SMILES string of the molecule is CCOc1ccc(C(=O)NCC(=O)OCC(=O)O[C@@H]2C[C@H](C)CC[C@H]2C(C)C)cc1. The predicted molar refractivity (Wildman–Crippen MR) is 112 cm³/mol. The van der Waals surface area contributed by atoms with Crippen LogP contribution in [0.15, 0.2) is 24.3 Å². The number of amides is 1. The normalized spacial score (nSPS) is 21.0. The molecule has 1 aliphatic rings. The Morgan fingerprint density at radius 2 is 1.80 bits per heavy atom. The molecular weight excluding hydrogens is 386 g/mol. The van der Waals surface area contributed by atoms with Crippen LogP contribution < -0.4 is 10.1 Å². The van der Waals surface area contributed by atoms with E-state index < -0.39 is 24.5 Å². The second-order valence-corrected chi connectivity index (χ2v) is 8.16. The minimum absolute atomic E-state index is 0.140. The molecule has 3 atom stereocenters. The summed E-state index contributed by atoms with van der Waals surface area (Å²) in [4.78, 5) is 36.1. The van der Waals surface area contributed by atoms with Gasteiger partial charge in [-0.3, -0.25) is 9.59 Å². The van der Waals surface area contributed by atoms with Crippen molar-refractivity contribution in [2.24, 2.45) is 17.8 Å². The molecule has 0 saturated heterocycles. The van der Waals surface area contributed by atoms with E-state index in [4.69, 9.17) is 14.2 Å². The van der Waals surface area contributed by atoms with Gasteiger partial charge in [0.1, 0.15) is 18.4 Å². The highest BCUT2D eigenvalue weighted by Gasteiger charge is 2.33. The first-order chi connectivity index (χ1) is 14.3. The van der Waals surface area contributed by atoms with Gasteiger partial charge in [-0.1, -0.05) is 27.2 Å². The number of ether oxygens (including phenoxy) is 3. The van der Waals surface area contributed by atoms with Crippen LogP contribution in [0.4, 0.5) is 0 Å². The number of rotatable bonds is 9. The Balaban J connectivity index is 1.73. The van der Waals surface area contributed by atoms with Gasteiger partial charge >= 0.3 is 11.9 Å². The summed E-state index contributed by atoms with van der Waals surface area (Å²) in [7, 11) is 0. The molecule has 1 amide bonds. The molecular formula is C23H33NO6. The lowest BCUT2D eigenvalue weighted by Gasteiger charge is -2.36. The third-order valence-electron chi connectivity index (χ3n) is 5.42. The molecule has 0 aliphatic heterocycles. The van der Waals surface area contributed by atoms with Crippen molar-refractivity contribution in [1.82, 2.24) is 5.32 Å². The van der Waals surface area contributed by atoms with E-state index in [1.807, 2.05) is 6.92 Å². The molecule has 7 nitrogen and oxygen atoms in total. The Morgan fingerprint density at radius 3 is 2.43 bits per heavy atom. The Labute approximate surface area is 178 Å². The molecule has 1 N–H and O–H groups in total. The number of hydrogen-bond donors (Lipinski definition) is 1. The Bertz CT molecular complexity index is 715. The second kappa shape index (κ2) is 11.6. The average Bonchev–Trinajstić information content (AvgIpc) is 2.71. The molecule has 7 heteroatoms. The van der Waals surface area contributed by atoms with E-state index in [1.54, 1.807) is 24.3 Å². The summed E-state index contributed by atoms with van der Waals surface area (Å²) in [5.41, 5.74) is 0.400. The molecule has 0 aromatic heterocycles. The van der Waals surface area contributed by atoms with Crippen molar-refractivity contribution in [2.45, 2.75) is 53.1 Å². The zero-order chi connectivity index (χ0) is 22.1. The van der Waals surface area contributed by atoms with E-state index in [-0.39, 0.29) is 12.6 Å². The molecule has 1 fully saturated rings. The maximum atomic E-state index is 12.1. The van der Waals surface area contributed by atoms with E-state index in [0.717, 1.165) is 19.3 Å². The van der Waals surface area contributed by atoms with Gasteiger partial charge in [-0.15, -0.1) is 0 Å². The third-order valence-corrected chi connectivity index (χ3v) is 5.42. The topological polar surface area (TPSA) is 90.9 Å². The number of nitrogens with one attached hydrogen (secondary N) is 1. The Morgan fingerprint density at radius 1 is 1.10 bits per heavy atom. The zero-order valence-corrected chi connectivity index (χ0v) is 18.3. The van der Waals surface area contributed by atoms with Crippen LogP contribution in [0.3, 0.4) is 0 Å². The molecule has 1 saturated carbocycles. The lowest BCUT2D eigenvalue weighted by molar-refractivity contribution is -0.166. The lowest BCUT2D eigenvalue weighted by Crippen LogP contribution is -2.37. The quantitative estimate of drug-likeness (QED) is 0.617. The van der Waals surface area contributed by atoms with Gasteiger partial charge in [-0.2, -0.15) is 0 Å². The highest BCUT2D eigenvalue weighted by atomic mass is 16.6. The van der Waals surface area contributed by atoms with Crippen LogP contribution in [-0.2, 0) is 19.1 Å². The zero-order valence-electron chi connectivity index (χ0n) is 18.3. The first-order valence-electron chi connectivity index (χ1n) is 10.7. The fraction of sp³-hybridized carbons (Fsp3) is 0.609. The third kappa shape index (κ3) is 7.35. The van der Waals surface area contributed by atoms with Crippen molar-refractivity contribution in [1.29, 1.82) is 0 Å². The summed E-state index contributed by atoms with van der Waals surface area (Å²) >= 11 is 0. The number of hydrogen-bond acceptors (Lipinski definition) is 6. The van der Waals surface area contributed by atoms with Gasteiger partial charge in [0.15, 0.2) is 6.61 Å². The minimum atomic E-state index is -0.691. The minimum Gasteiger partial charge on any atom is -0.494 e. The maximum Gasteiger partial charge on any atom is 0.344 e. The molecule has 1 aromatic rings. The highest BCUT2D eigenvalue weighted by molar-refractivity contribution is 5.96. The first kappa shape index (κ1) is 23.7. The number of carbonyl (C=O) groups excluding carboxylic acids is 3. The molecule has 0 unspecified atom stereocenters. The van der Waals surface area contributed by atoms with Crippen molar-refractivity contribution in [3.63, 3.8) is 0 Å². The molecule has 0 radical (unpaired) electrons. The van der Waals surface area contributed by atoms with E-state index in [9.17, 15) is 14.4 Å². The van der Waals surface area contributed by atoms with Crippen molar-refractivity contribution in [3.8, 4) is 5.75 Å². The summed E-state index contributed by atoms with van der Waals surface area (Å²) in [6, 6.07) is 6.59. The average molecular weight is 420 g/mol. The second-order valence-electron chi connectivity index (χ2n) is 8.16. The van der Waals surface area contributed by atoms with E-state index >= 15 is 0 Å². The van der Waals surface area contributed by atoms with Gasteiger partial charge in [0.05, 0.1) is 6.61 Å². The Hall–Kier alpha value is -2.57. The van der Waals surface area contributed by atoms with Crippen LogP contribution in [-0.4, -0.2) is 43.7 Å². The van der Waals surface area contributed by atoms with Gasteiger partial charge < -0.3 is 19.5 Å². The molecule has 0 bridgehead atoms. The van der Waals surface area contributed by atoms with Crippen molar-refractivity contribution >= 4 is 17.8 Å². The van der Waals surface area contributed by atoms with Crippen molar-refractivity contribution in [3.05, 3.63) is 29.8 Å². The smallest absolute Gasteiger partial charge is 0.344 e. The molecule has 2 rings (SSSR count). The van der Waals surface area contributed by atoms with Gasteiger partial charge in [0, 0.05) is 5.56 Å². The predicted octanol–water partition coefficient (Wildman–Crippen LogP) is 3.36. The molecule has 1 aliphatic carbocycles. The lowest BCUT2D eigenvalue weighted by atomic mass is 9.75.